The van der Waals surface area contributed by atoms with Crippen molar-refractivity contribution in [1.82, 2.24) is 4.90 Å². The van der Waals surface area contributed by atoms with E-state index in [2.05, 4.69) is 4.90 Å². The maximum atomic E-state index is 12.6. The van der Waals surface area contributed by atoms with Crippen molar-refractivity contribution in [2.75, 3.05) is 12.3 Å². The van der Waals surface area contributed by atoms with Crippen LogP contribution >= 0.6 is 23.4 Å². The van der Waals surface area contributed by atoms with Crippen molar-refractivity contribution < 1.29 is 4.79 Å². The molecule has 22 heavy (non-hydrogen) atoms. The summed E-state index contributed by atoms with van der Waals surface area (Å²) in [6, 6.07) is 7.93. The van der Waals surface area contributed by atoms with Gasteiger partial charge in [0.05, 0.1) is 0 Å². The summed E-state index contributed by atoms with van der Waals surface area (Å²) in [4.78, 5) is 14.7. The minimum Gasteiger partial charge on any atom is -0.326 e. The first-order valence-corrected chi connectivity index (χ1v) is 9.83. The van der Waals surface area contributed by atoms with Gasteiger partial charge in [-0.05, 0) is 30.0 Å². The molecule has 1 aromatic carbocycles. The summed E-state index contributed by atoms with van der Waals surface area (Å²) in [6.45, 7) is 0.876. The third-order valence-corrected chi connectivity index (χ3v) is 6.37. The number of rotatable bonds is 4. The molecular weight excluding hydrogens is 314 g/mol. The highest BCUT2D eigenvalue weighted by Crippen LogP contribution is 2.39. The number of carbonyl (C=O) groups is 1. The lowest BCUT2D eigenvalue weighted by Gasteiger charge is -2.26. The van der Waals surface area contributed by atoms with E-state index >= 15 is 0 Å². The van der Waals surface area contributed by atoms with E-state index in [-0.39, 0.29) is 5.37 Å². The van der Waals surface area contributed by atoms with Crippen LogP contribution in [0.25, 0.3) is 0 Å². The van der Waals surface area contributed by atoms with Gasteiger partial charge in [0.15, 0.2) is 0 Å². The number of thioether (sulfide) groups is 1. The fourth-order valence-electron chi connectivity index (χ4n) is 3.58. The van der Waals surface area contributed by atoms with E-state index in [4.69, 9.17) is 11.6 Å². The van der Waals surface area contributed by atoms with Gasteiger partial charge in [0.25, 0.3) is 0 Å². The van der Waals surface area contributed by atoms with Gasteiger partial charge in [-0.25, -0.2) is 0 Å². The lowest BCUT2D eigenvalue weighted by molar-refractivity contribution is -0.131. The Balaban J connectivity index is 1.57. The second kappa shape index (κ2) is 7.74. The van der Waals surface area contributed by atoms with Crippen molar-refractivity contribution in [3.05, 3.63) is 34.9 Å². The maximum absolute atomic E-state index is 12.6. The predicted molar refractivity (Wildman–Crippen MR) is 94.2 cm³/mol. The highest BCUT2D eigenvalue weighted by molar-refractivity contribution is 7.99. The van der Waals surface area contributed by atoms with Crippen LogP contribution in [-0.4, -0.2) is 23.1 Å². The lowest BCUT2D eigenvalue weighted by Crippen LogP contribution is -2.30. The van der Waals surface area contributed by atoms with E-state index in [0.29, 0.717) is 5.91 Å². The summed E-state index contributed by atoms with van der Waals surface area (Å²) in [5, 5.41) is 0.929. The summed E-state index contributed by atoms with van der Waals surface area (Å²) in [7, 11) is 0. The van der Waals surface area contributed by atoms with Crippen LogP contribution < -0.4 is 0 Å². The Labute approximate surface area is 142 Å². The van der Waals surface area contributed by atoms with E-state index in [9.17, 15) is 4.79 Å². The van der Waals surface area contributed by atoms with Gasteiger partial charge in [0.1, 0.15) is 5.37 Å². The molecule has 0 N–H and O–H groups in total. The summed E-state index contributed by atoms with van der Waals surface area (Å²) in [5.74, 6) is 2.14. The van der Waals surface area contributed by atoms with Gasteiger partial charge in [0.2, 0.25) is 5.91 Å². The van der Waals surface area contributed by atoms with Crippen molar-refractivity contribution in [2.45, 2.75) is 50.3 Å². The first kappa shape index (κ1) is 16.2. The average molecular weight is 338 g/mol. The first-order chi connectivity index (χ1) is 10.7. The molecule has 0 spiro atoms. The number of amides is 1. The van der Waals surface area contributed by atoms with Crippen LogP contribution in [0.3, 0.4) is 0 Å². The fraction of sp³-hybridized carbons (Fsp3) is 0.611. The zero-order chi connectivity index (χ0) is 15.4. The Hall–Kier alpha value is -0.670. The van der Waals surface area contributed by atoms with Crippen LogP contribution in [0.15, 0.2) is 24.3 Å². The molecule has 1 saturated carbocycles. The number of hydrogen-bond donors (Lipinski definition) is 0. The van der Waals surface area contributed by atoms with Crippen molar-refractivity contribution in [3.63, 3.8) is 0 Å². The number of carbonyl (C=O) groups excluding carboxylic acids is 1. The highest BCUT2D eigenvalue weighted by Gasteiger charge is 2.30. The Kier molecular flexibility index (Phi) is 5.70. The maximum Gasteiger partial charge on any atom is 0.223 e. The van der Waals surface area contributed by atoms with Gasteiger partial charge in [-0.15, -0.1) is 11.8 Å². The molecule has 0 bridgehead atoms. The number of hydrogen-bond acceptors (Lipinski definition) is 2. The third-order valence-electron chi connectivity index (χ3n) is 4.86. The van der Waals surface area contributed by atoms with E-state index in [1.807, 2.05) is 36.0 Å². The van der Waals surface area contributed by atoms with Gasteiger partial charge in [-0.1, -0.05) is 55.8 Å². The van der Waals surface area contributed by atoms with Crippen LogP contribution in [0.2, 0.25) is 5.02 Å². The summed E-state index contributed by atoms with van der Waals surface area (Å²) >= 11 is 7.83. The van der Waals surface area contributed by atoms with Crippen LogP contribution in [0, 0.1) is 5.92 Å². The van der Waals surface area contributed by atoms with Crippen molar-refractivity contribution in [3.8, 4) is 0 Å². The normalized spacial score (nSPS) is 23.0. The van der Waals surface area contributed by atoms with E-state index in [1.54, 1.807) is 0 Å². The molecule has 2 nitrogen and oxygen atoms in total. The molecule has 3 rings (SSSR count). The van der Waals surface area contributed by atoms with E-state index < -0.39 is 0 Å². The second-order valence-electron chi connectivity index (χ2n) is 6.40. The molecule has 2 fully saturated rings. The van der Waals surface area contributed by atoms with Crippen molar-refractivity contribution in [2.24, 2.45) is 5.92 Å². The fourth-order valence-corrected chi connectivity index (χ4v) is 4.98. The number of nitrogens with zero attached hydrogens (tertiary/aromatic N) is 1. The van der Waals surface area contributed by atoms with Gasteiger partial charge < -0.3 is 4.90 Å². The monoisotopic (exact) mass is 337 g/mol. The quantitative estimate of drug-likeness (QED) is 0.745. The summed E-state index contributed by atoms with van der Waals surface area (Å²) in [5.41, 5.74) is 1.19. The molecule has 0 aromatic heterocycles. The Morgan fingerprint density at radius 3 is 2.64 bits per heavy atom. The minimum absolute atomic E-state index is 0.177. The molecule has 0 radical (unpaired) electrons. The number of benzene rings is 1. The van der Waals surface area contributed by atoms with Gasteiger partial charge in [0, 0.05) is 23.7 Å². The highest BCUT2D eigenvalue weighted by atomic mass is 35.5. The minimum atomic E-state index is 0.177. The standard InChI is InChI=1S/C18H24ClNOS/c19-16-9-7-15(8-10-16)18-20(12-13-22-18)17(21)11-6-14-4-2-1-3-5-14/h7-10,14,18H,1-6,11-13H2. The molecule has 1 aromatic rings. The molecule has 1 atom stereocenters. The van der Waals surface area contributed by atoms with Gasteiger partial charge >= 0.3 is 0 Å². The molecule has 1 aliphatic heterocycles. The first-order valence-electron chi connectivity index (χ1n) is 8.40. The topological polar surface area (TPSA) is 20.3 Å². The summed E-state index contributed by atoms with van der Waals surface area (Å²) in [6.07, 6.45) is 8.53. The van der Waals surface area contributed by atoms with Crippen LogP contribution in [0.4, 0.5) is 0 Å². The Bertz CT molecular complexity index is 498. The van der Waals surface area contributed by atoms with Crippen LogP contribution in [0.1, 0.15) is 55.9 Å². The van der Waals surface area contributed by atoms with Gasteiger partial charge in [-0.3, -0.25) is 4.79 Å². The summed E-state index contributed by atoms with van der Waals surface area (Å²) < 4.78 is 0. The predicted octanol–water partition coefficient (Wildman–Crippen LogP) is 5.27. The van der Waals surface area contributed by atoms with Crippen molar-refractivity contribution >= 4 is 29.3 Å². The Morgan fingerprint density at radius 1 is 1.18 bits per heavy atom. The third kappa shape index (κ3) is 3.99. The van der Waals surface area contributed by atoms with Gasteiger partial charge in [-0.2, -0.15) is 0 Å². The zero-order valence-electron chi connectivity index (χ0n) is 13.0. The SMILES string of the molecule is O=C(CCC1CCCCC1)N1CCSC1c1ccc(Cl)cc1. The smallest absolute Gasteiger partial charge is 0.223 e. The molecular formula is C18H24ClNOS. The number of halogens is 1. The molecule has 1 aliphatic carbocycles. The van der Waals surface area contributed by atoms with Crippen molar-refractivity contribution in [1.29, 1.82) is 0 Å². The molecule has 1 saturated heterocycles. The zero-order valence-corrected chi connectivity index (χ0v) is 14.5. The molecule has 2 aliphatic rings. The molecule has 1 heterocycles. The largest absolute Gasteiger partial charge is 0.326 e. The molecule has 1 unspecified atom stereocenters. The van der Waals surface area contributed by atoms with Crippen LogP contribution in [0.5, 0.6) is 0 Å². The van der Waals surface area contributed by atoms with E-state index in [0.717, 1.165) is 36.1 Å². The van der Waals surface area contributed by atoms with Crippen LogP contribution in [-0.2, 0) is 4.79 Å². The average Bonchev–Trinajstić information content (AvgIpc) is 3.04. The molecule has 4 heteroatoms. The van der Waals surface area contributed by atoms with E-state index in [1.165, 1.54) is 37.7 Å². The molecule has 120 valence electrons. The lowest BCUT2D eigenvalue weighted by atomic mass is 9.86. The second-order valence-corrected chi connectivity index (χ2v) is 8.03. The molecule has 1 amide bonds. The Morgan fingerprint density at radius 2 is 1.91 bits per heavy atom.